The highest BCUT2D eigenvalue weighted by atomic mass is 79.9. The van der Waals surface area contributed by atoms with E-state index in [2.05, 4.69) is 21.2 Å². The minimum atomic E-state index is -4.18. The van der Waals surface area contributed by atoms with E-state index in [1.807, 2.05) is 4.90 Å². The first kappa shape index (κ1) is 16.7. The van der Waals surface area contributed by atoms with E-state index in [0.717, 1.165) is 13.1 Å². The lowest BCUT2D eigenvalue weighted by Gasteiger charge is -2.36. The summed E-state index contributed by atoms with van der Waals surface area (Å²) in [5, 5.41) is 3.18. The summed E-state index contributed by atoms with van der Waals surface area (Å²) in [5.41, 5.74) is 0.711. The standard InChI is InChI=1S/C14H17BrF4N2/c15-12-9-10(16)1-2-11(12)13(3-4-14(17,18)19)21-7-5-20-6-8-21/h1-2,9,13,20H,3-8H2/t13-/m0/s1. The van der Waals surface area contributed by atoms with Crippen molar-refractivity contribution in [2.45, 2.75) is 25.1 Å². The molecule has 7 heteroatoms. The Morgan fingerprint density at radius 1 is 1.24 bits per heavy atom. The molecule has 0 radical (unpaired) electrons. The first-order valence-electron chi connectivity index (χ1n) is 6.83. The number of benzene rings is 1. The summed E-state index contributed by atoms with van der Waals surface area (Å²) in [7, 11) is 0. The maximum absolute atomic E-state index is 13.2. The Morgan fingerprint density at radius 3 is 2.48 bits per heavy atom. The Labute approximate surface area is 129 Å². The molecular weight excluding hydrogens is 352 g/mol. The molecule has 1 saturated heterocycles. The van der Waals surface area contributed by atoms with Crippen LogP contribution in [0.15, 0.2) is 22.7 Å². The molecule has 1 aromatic carbocycles. The molecule has 21 heavy (non-hydrogen) atoms. The molecular formula is C14H17BrF4N2. The van der Waals surface area contributed by atoms with E-state index in [-0.39, 0.29) is 12.5 Å². The van der Waals surface area contributed by atoms with Crippen molar-refractivity contribution in [3.63, 3.8) is 0 Å². The van der Waals surface area contributed by atoms with Crippen molar-refractivity contribution in [3.05, 3.63) is 34.1 Å². The van der Waals surface area contributed by atoms with Gasteiger partial charge in [-0.3, -0.25) is 4.90 Å². The van der Waals surface area contributed by atoms with Gasteiger partial charge in [-0.1, -0.05) is 22.0 Å². The van der Waals surface area contributed by atoms with Crippen LogP contribution in [0.25, 0.3) is 0 Å². The summed E-state index contributed by atoms with van der Waals surface area (Å²) < 4.78 is 51.4. The third-order valence-electron chi connectivity index (χ3n) is 3.62. The summed E-state index contributed by atoms with van der Waals surface area (Å²) in [5.74, 6) is -0.402. The Balaban J connectivity index is 2.21. The van der Waals surface area contributed by atoms with E-state index >= 15 is 0 Å². The first-order valence-corrected chi connectivity index (χ1v) is 7.62. The molecule has 1 heterocycles. The van der Waals surface area contributed by atoms with E-state index in [1.54, 1.807) is 6.07 Å². The third kappa shape index (κ3) is 4.93. The summed E-state index contributed by atoms with van der Waals surface area (Å²) >= 11 is 3.27. The van der Waals surface area contributed by atoms with Crippen LogP contribution >= 0.6 is 15.9 Å². The highest BCUT2D eigenvalue weighted by molar-refractivity contribution is 9.10. The van der Waals surface area contributed by atoms with Gasteiger partial charge in [0.25, 0.3) is 0 Å². The molecule has 0 saturated carbocycles. The Hall–Kier alpha value is -0.660. The van der Waals surface area contributed by atoms with Crippen molar-refractivity contribution in [2.24, 2.45) is 0 Å². The second-order valence-electron chi connectivity index (χ2n) is 5.12. The fraction of sp³-hybridized carbons (Fsp3) is 0.571. The van der Waals surface area contributed by atoms with Gasteiger partial charge in [-0.25, -0.2) is 4.39 Å². The lowest BCUT2D eigenvalue weighted by Crippen LogP contribution is -2.45. The number of halogens is 5. The van der Waals surface area contributed by atoms with E-state index < -0.39 is 18.4 Å². The van der Waals surface area contributed by atoms with Gasteiger partial charge in [-0.2, -0.15) is 13.2 Å². The van der Waals surface area contributed by atoms with Gasteiger partial charge in [0, 0.05) is 43.1 Å². The van der Waals surface area contributed by atoms with Gasteiger partial charge >= 0.3 is 6.18 Å². The molecule has 0 bridgehead atoms. The van der Waals surface area contributed by atoms with Crippen molar-refractivity contribution in [1.82, 2.24) is 10.2 Å². The zero-order valence-corrected chi connectivity index (χ0v) is 13.0. The second kappa shape index (κ2) is 7.07. The lowest BCUT2D eigenvalue weighted by molar-refractivity contribution is -0.138. The van der Waals surface area contributed by atoms with Crippen LogP contribution in [-0.4, -0.2) is 37.3 Å². The summed E-state index contributed by atoms with van der Waals surface area (Å²) in [6.07, 6.45) is -5.04. The van der Waals surface area contributed by atoms with Crippen LogP contribution in [0.1, 0.15) is 24.4 Å². The van der Waals surface area contributed by atoms with Crippen molar-refractivity contribution >= 4 is 15.9 Å². The zero-order valence-electron chi connectivity index (χ0n) is 11.4. The average molecular weight is 369 g/mol. The quantitative estimate of drug-likeness (QED) is 0.811. The third-order valence-corrected chi connectivity index (χ3v) is 4.30. The maximum atomic E-state index is 13.2. The molecule has 0 spiro atoms. The van der Waals surface area contributed by atoms with Gasteiger partial charge in [0.05, 0.1) is 0 Å². The number of piperazine rings is 1. The van der Waals surface area contributed by atoms with Crippen LogP contribution in [-0.2, 0) is 0 Å². The molecule has 0 amide bonds. The Morgan fingerprint density at radius 2 is 1.90 bits per heavy atom. The van der Waals surface area contributed by atoms with Gasteiger partial charge in [-0.05, 0) is 24.1 Å². The van der Waals surface area contributed by atoms with Crippen LogP contribution in [0.5, 0.6) is 0 Å². The Kier molecular flexibility index (Phi) is 5.62. The molecule has 0 unspecified atom stereocenters. The molecule has 1 fully saturated rings. The fourth-order valence-corrected chi connectivity index (χ4v) is 3.22. The number of nitrogens with one attached hydrogen (secondary N) is 1. The second-order valence-corrected chi connectivity index (χ2v) is 5.98. The lowest BCUT2D eigenvalue weighted by atomic mass is 9.99. The minimum Gasteiger partial charge on any atom is -0.314 e. The molecule has 2 rings (SSSR count). The van der Waals surface area contributed by atoms with E-state index in [9.17, 15) is 17.6 Å². The van der Waals surface area contributed by atoms with Crippen LogP contribution in [0.4, 0.5) is 17.6 Å². The number of hydrogen-bond acceptors (Lipinski definition) is 2. The van der Waals surface area contributed by atoms with Gasteiger partial charge in [0.15, 0.2) is 0 Å². The molecule has 0 aromatic heterocycles. The van der Waals surface area contributed by atoms with Crippen LogP contribution in [0.2, 0.25) is 0 Å². The normalized spacial score (nSPS) is 18.7. The highest BCUT2D eigenvalue weighted by Gasteiger charge is 2.32. The topological polar surface area (TPSA) is 15.3 Å². The number of hydrogen-bond donors (Lipinski definition) is 1. The van der Waals surface area contributed by atoms with Crippen molar-refractivity contribution < 1.29 is 17.6 Å². The van der Waals surface area contributed by atoms with Crippen LogP contribution in [0.3, 0.4) is 0 Å². The highest BCUT2D eigenvalue weighted by Crippen LogP contribution is 2.35. The zero-order chi connectivity index (χ0) is 15.5. The Bertz CT molecular complexity index is 473. The number of alkyl halides is 3. The summed E-state index contributed by atoms with van der Waals surface area (Å²) in [6, 6.07) is 3.81. The molecule has 1 N–H and O–H groups in total. The molecule has 1 atom stereocenters. The van der Waals surface area contributed by atoms with Gasteiger partial charge in [0.1, 0.15) is 5.82 Å². The minimum absolute atomic E-state index is 0.0201. The monoisotopic (exact) mass is 368 g/mol. The van der Waals surface area contributed by atoms with Gasteiger partial charge in [0.2, 0.25) is 0 Å². The molecule has 2 nitrogen and oxygen atoms in total. The van der Waals surface area contributed by atoms with Gasteiger partial charge in [-0.15, -0.1) is 0 Å². The van der Waals surface area contributed by atoms with E-state index in [4.69, 9.17) is 0 Å². The number of nitrogens with zero attached hydrogens (tertiary/aromatic N) is 1. The van der Waals surface area contributed by atoms with E-state index in [1.165, 1.54) is 12.1 Å². The average Bonchev–Trinajstić information content (AvgIpc) is 2.41. The van der Waals surface area contributed by atoms with Crippen molar-refractivity contribution in [1.29, 1.82) is 0 Å². The smallest absolute Gasteiger partial charge is 0.314 e. The molecule has 1 aromatic rings. The van der Waals surface area contributed by atoms with Crippen molar-refractivity contribution in [3.8, 4) is 0 Å². The fourth-order valence-electron chi connectivity index (χ4n) is 2.60. The van der Waals surface area contributed by atoms with E-state index in [0.29, 0.717) is 23.1 Å². The maximum Gasteiger partial charge on any atom is 0.389 e. The van der Waals surface area contributed by atoms with Crippen LogP contribution < -0.4 is 5.32 Å². The largest absolute Gasteiger partial charge is 0.389 e. The number of rotatable bonds is 4. The SMILES string of the molecule is Fc1ccc([C@H](CCC(F)(F)F)N2CCNCC2)c(Br)c1. The molecule has 1 aliphatic heterocycles. The molecule has 1 aliphatic rings. The van der Waals surface area contributed by atoms with Gasteiger partial charge < -0.3 is 5.32 Å². The summed E-state index contributed by atoms with van der Waals surface area (Å²) in [6.45, 7) is 2.88. The predicted molar refractivity (Wildman–Crippen MR) is 76.6 cm³/mol. The predicted octanol–water partition coefficient (Wildman–Crippen LogP) is 3.88. The summed E-state index contributed by atoms with van der Waals surface area (Å²) in [4.78, 5) is 2.03. The van der Waals surface area contributed by atoms with Crippen LogP contribution in [0, 0.1) is 5.82 Å². The van der Waals surface area contributed by atoms with Crippen molar-refractivity contribution in [2.75, 3.05) is 26.2 Å². The molecule has 0 aliphatic carbocycles. The molecule has 118 valence electrons. The first-order chi connectivity index (χ1) is 9.87.